The minimum absolute atomic E-state index is 0.0388. The van der Waals surface area contributed by atoms with Gasteiger partial charge in [-0.25, -0.2) is 4.39 Å². The van der Waals surface area contributed by atoms with Crippen molar-refractivity contribution in [3.05, 3.63) is 39.2 Å². The quantitative estimate of drug-likeness (QED) is 0.616. The molecule has 1 amide bonds. The smallest absolute Gasteiger partial charge is 0.270 e. The minimum Gasteiger partial charge on any atom is -0.338 e. The van der Waals surface area contributed by atoms with Crippen molar-refractivity contribution >= 4 is 11.6 Å². The Morgan fingerprint density at radius 1 is 1.57 bits per heavy atom. The summed E-state index contributed by atoms with van der Waals surface area (Å²) in [5.41, 5.74) is -0.632. The van der Waals surface area contributed by atoms with Crippen molar-refractivity contribution in [2.45, 2.75) is 20.8 Å². The third kappa shape index (κ3) is 3.75. The third-order valence-electron chi connectivity index (χ3n) is 3.06. The van der Waals surface area contributed by atoms with Gasteiger partial charge >= 0.3 is 0 Å². The summed E-state index contributed by atoms with van der Waals surface area (Å²) in [6.07, 6.45) is 0. The summed E-state index contributed by atoms with van der Waals surface area (Å²) in [6, 6.07) is 4.01. The van der Waals surface area contributed by atoms with E-state index in [1.807, 2.05) is 6.07 Å². The highest BCUT2D eigenvalue weighted by atomic mass is 19.1. The van der Waals surface area contributed by atoms with Gasteiger partial charge < -0.3 is 4.90 Å². The zero-order valence-corrected chi connectivity index (χ0v) is 12.1. The van der Waals surface area contributed by atoms with Gasteiger partial charge in [-0.1, -0.05) is 0 Å². The van der Waals surface area contributed by atoms with E-state index in [1.165, 1.54) is 11.8 Å². The van der Waals surface area contributed by atoms with Gasteiger partial charge in [0.25, 0.3) is 11.6 Å². The molecule has 0 bridgehead atoms. The number of nitro benzene ring substituents is 1. The number of amides is 1. The lowest BCUT2D eigenvalue weighted by Crippen LogP contribution is -2.35. The number of nitriles is 1. The summed E-state index contributed by atoms with van der Waals surface area (Å²) in [5.74, 6) is -1.82. The number of nitro groups is 1. The van der Waals surface area contributed by atoms with E-state index in [0.717, 1.165) is 12.1 Å². The highest BCUT2D eigenvalue weighted by molar-refractivity contribution is 5.95. The summed E-state index contributed by atoms with van der Waals surface area (Å²) in [5, 5.41) is 19.6. The predicted molar refractivity (Wildman–Crippen MR) is 74.1 cm³/mol. The Balaban J connectivity index is 3.22. The molecule has 0 aliphatic heterocycles. The molecule has 21 heavy (non-hydrogen) atoms. The number of carbonyl (C=O) groups excluding carboxylic acids is 1. The number of hydrogen-bond donors (Lipinski definition) is 0. The molecule has 0 aliphatic rings. The molecule has 0 saturated heterocycles. The summed E-state index contributed by atoms with van der Waals surface area (Å²) in [6.45, 7) is 5.14. The molecule has 1 aromatic rings. The van der Waals surface area contributed by atoms with Gasteiger partial charge in [-0.2, -0.15) is 5.26 Å². The second-order valence-corrected chi connectivity index (χ2v) is 4.76. The van der Waals surface area contributed by atoms with Crippen molar-refractivity contribution in [3.8, 4) is 6.07 Å². The molecular weight excluding hydrogens is 277 g/mol. The monoisotopic (exact) mass is 293 g/mol. The average Bonchev–Trinajstić information content (AvgIpc) is 2.46. The SMILES string of the molecule is CCN(CC(C)C#N)C(=O)c1cc([N+](=O)[O-])cc(C)c1F. The molecule has 1 aromatic carbocycles. The summed E-state index contributed by atoms with van der Waals surface area (Å²) < 4.78 is 14.1. The Morgan fingerprint density at radius 2 is 2.19 bits per heavy atom. The number of benzene rings is 1. The molecule has 0 radical (unpaired) electrons. The lowest BCUT2D eigenvalue weighted by Gasteiger charge is -2.22. The topological polar surface area (TPSA) is 87.2 Å². The Kier molecular flexibility index (Phi) is 5.36. The van der Waals surface area contributed by atoms with Crippen LogP contribution in [0, 0.1) is 40.1 Å². The van der Waals surface area contributed by atoms with Crippen LogP contribution in [0.2, 0.25) is 0 Å². The first kappa shape index (κ1) is 16.6. The van der Waals surface area contributed by atoms with Gasteiger partial charge in [-0.15, -0.1) is 0 Å². The zero-order valence-electron chi connectivity index (χ0n) is 12.1. The normalized spacial score (nSPS) is 11.6. The Labute approximate surface area is 121 Å². The summed E-state index contributed by atoms with van der Waals surface area (Å²) in [7, 11) is 0. The molecule has 1 unspecified atom stereocenters. The second kappa shape index (κ2) is 6.79. The van der Waals surface area contributed by atoms with Crippen molar-refractivity contribution in [3.63, 3.8) is 0 Å². The van der Waals surface area contributed by atoms with E-state index in [4.69, 9.17) is 5.26 Å². The fourth-order valence-electron chi connectivity index (χ4n) is 1.91. The molecule has 0 aromatic heterocycles. The molecule has 0 fully saturated rings. The van der Waals surface area contributed by atoms with Gasteiger partial charge in [0.2, 0.25) is 0 Å². The Bertz CT molecular complexity index is 610. The van der Waals surface area contributed by atoms with Gasteiger partial charge in [0.05, 0.1) is 22.5 Å². The number of aryl methyl sites for hydroxylation is 1. The lowest BCUT2D eigenvalue weighted by atomic mass is 10.1. The first-order valence-electron chi connectivity index (χ1n) is 6.45. The maximum absolute atomic E-state index is 14.1. The molecule has 7 heteroatoms. The standard InChI is InChI=1S/C14H16FN3O3/c1-4-17(8-9(2)7-16)14(19)12-6-11(18(20)21)5-10(3)13(12)15/h5-6,9H,4,8H2,1-3H3. The van der Waals surface area contributed by atoms with Crippen LogP contribution in [0.3, 0.4) is 0 Å². The molecule has 0 saturated carbocycles. The Hall–Kier alpha value is -2.49. The molecule has 1 rings (SSSR count). The van der Waals surface area contributed by atoms with Gasteiger partial charge in [0.1, 0.15) is 5.82 Å². The van der Waals surface area contributed by atoms with E-state index in [2.05, 4.69) is 0 Å². The number of rotatable bonds is 5. The molecule has 0 aliphatic carbocycles. The highest BCUT2D eigenvalue weighted by Gasteiger charge is 2.24. The molecule has 112 valence electrons. The summed E-state index contributed by atoms with van der Waals surface area (Å²) >= 11 is 0. The van der Waals surface area contributed by atoms with Gasteiger partial charge in [0.15, 0.2) is 0 Å². The molecule has 0 spiro atoms. The molecule has 1 atom stereocenters. The van der Waals surface area contributed by atoms with Crippen molar-refractivity contribution in [1.82, 2.24) is 4.90 Å². The van der Waals surface area contributed by atoms with Crippen molar-refractivity contribution in [2.75, 3.05) is 13.1 Å². The number of non-ortho nitro benzene ring substituents is 1. The van der Waals surface area contributed by atoms with Crippen molar-refractivity contribution in [2.24, 2.45) is 5.92 Å². The van der Waals surface area contributed by atoms with Crippen LogP contribution in [0.15, 0.2) is 12.1 Å². The maximum Gasteiger partial charge on any atom is 0.270 e. The zero-order chi connectivity index (χ0) is 16.2. The maximum atomic E-state index is 14.1. The van der Waals surface area contributed by atoms with E-state index in [0.29, 0.717) is 0 Å². The number of hydrogen-bond acceptors (Lipinski definition) is 4. The average molecular weight is 293 g/mol. The van der Waals surface area contributed by atoms with Gasteiger partial charge in [0, 0.05) is 25.2 Å². The van der Waals surface area contributed by atoms with Crippen LogP contribution in [0.25, 0.3) is 0 Å². The van der Waals surface area contributed by atoms with Crippen molar-refractivity contribution in [1.29, 1.82) is 5.26 Å². The Morgan fingerprint density at radius 3 is 2.67 bits per heavy atom. The number of halogens is 1. The predicted octanol–water partition coefficient (Wildman–Crippen LogP) is 2.66. The van der Waals surface area contributed by atoms with Gasteiger partial charge in [-0.3, -0.25) is 14.9 Å². The van der Waals surface area contributed by atoms with Gasteiger partial charge in [-0.05, 0) is 26.3 Å². The molecule has 0 N–H and O–H groups in total. The number of nitrogens with zero attached hydrogens (tertiary/aromatic N) is 3. The van der Waals surface area contributed by atoms with E-state index < -0.39 is 22.6 Å². The van der Waals surface area contributed by atoms with Crippen LogP contribution in [0.1, 0.15) is 29.8 Å². The van der Waals surface area contributed by atoms with Crippen LogP contribution < -0.4 is 0 Å². The van der Waals surface area contributed by atoms with Crippen LogP contribution in [0.4, 0.5) is 10.1 Å². The minimum atomic E-state index is -0.770. The van der Waals surface area contributed by atoms with E-state index >= 15 is 0 Å². The van der Waals surface area contributed by atoms with E-state index in [9.17, 15) is 19.3 Å². The fraction of sp³-hybridized carbons (Fsp3) is 0.429. The van der Waals surface area contributed by atoms with Crippen LogP contribution in [-0.2, 0) is 0 Å². The highest BCUT2D eigenvalue weighted by Crippen LogP contribution is 2.22. The van der Waals surface area contributed by atoms with Crippen LogP contribution in [0.5, 0.6) is 0 Å². The summed E-state index contributed by atoms with van der Waals surface area (Å²) in [4.78, 5) is 23.8. The molecular formula is C14H16FN3O3. The molecule has 6 nitrogen and oxygen atoms in total. The fourth-order valence-corrected chi connectivity index (χ4v) is 1.91. The lowest BCUT2D eigenvalue weighted by molar-refractivity contribution is -0.385. The second-order valence-electron chi connectivity index (χ2n) is 4.76. The van der Waals surface area contributed by atoms with E-state index in [1.54, 1.807) is 13.8 Å². The van der Waals surface area contributed by atoms with Crippen molar-refractivity contribution < 1.29 is 14.1 Å². The van der Waals surface area contributed by atoms with Crippen LogP contribution in [-0.4, -0.2) is 28.8 Å². The first-order chi connectivity index (χ1) is 9.81. The van der Waals surface area contributed by atoms with Crippen LogP contribution >= 0.6 is 0 Å². The van der Waals surface area contributed by atoms with E-state index in [-0.39, 0.29) is 29.9 Å². The first-order valence-corrected chi connectivity index (χ1v) is 6.45. The number of carbonyl (C=O) groups is 1. The largest absolute Gasteiger partial charge is 0.338 e. The molecule has 0 heterocycles. The third-order valence-corrected chi connectivity index (χ3v) is 3.06.